The highest BCUT2D eigenvalue weighted by Crippen LogP contribution is 2.31. The van der Waals surface area contributed by atoms with Crippen molar-refractivity contribution in [2.45, 2.75) is 26.4 Å². The molecule has 2 rings (SSSR count). The number of hydrogen-bond acceptors (Lipinski definition) is 3. The van der Waals surface area contributed by atoms with Crippen LogP contribution in [0, 0.1) is 6.92 Å². The molecule has 0 radical (unpaired) electrons. The molecule has 1 aliphatic heterocycles. The highest BCUT2D eigenvalue weighted by molar-refractivity contribution is 5.46. The highest BCUT2D eigenvalue weighted by Gasteiger charge is 2.17. The summed E-state index contributed by atoms with van der Waals surface area (Å²) >= 11 is 0. The monoisotopic (exact) mass is 207 g/mol. The van der Waals surface area contributed by atoms with Crippen molar-refractivity contribution in [2.75, 3.05) is 13.3 Å². The largest absolute Gasteiger partial charge is 0.467 e. The molecule has 0 aliphatic carbocycles. The minimum absolute atomic E-state index is 0.359. The Morgan fingerprint density at radius 2 is 2.27 bits per heavy atom. The Morgan fingerprint density at radius 3 is 3.00 bits per heavy atom. The number of rotatable bonds is 2. The molecule has 3 heteroatoms. The van der Waals surface area contributed by atoms with Gasteiger partial charge < -0.3 is 15.2 Å². The normalized spacial score (nSPS) is 16.7. The highest BCUT2D eigenvalue weighted by atomic mass is 16.7. The third kappa shape index (κ3) is 1.85. The molecule has 2 N–H and O–H groups in total. The van der Waals surface area contributed by atoms with E-state index in [9.17, 15) is 0 Å². The Morgan fingerprint density at radius 1 is 1.47 bits per heavy atom. The molecule has 0 fully saturated rings. The molecule has 82 valence electrons. The third-order valence-electron chi connectivity index (χ3n) is 3.03. The van der Waals surface area contributed by atoms with Crippen molar-refractivity contribution in [2.24, 2.45) is 5.73 Å². The van der Waals surface area contributed by atoms with Gasteiger partial charge in [-0.15, -0.1) is 0 Å². The number of ether oxygens (including phenoxy) is 2. The van der Waals surface area contributed by atoms with Crippen LogP contribution in [0.15, 0.2) is 12.1 Å². The van der Waals surface area contributed by atoms with Crippen molar-refractivity contribution >= 4 is 0 Å². The average molecular weight is 207 g/mol. The lowest BCUT2D eigenvalue weighted by atomic mass is 9.92. The summed E-state index contributed by atoms with van der Waals surface area (Å²) in [5.41, 5.74) is 9.40. The molecule has 0 saturated carbocycles. The Bertz CT molecular complexity index is 363. The van der Waals surface area contributed by atoms with Crippen molar-refractivity contribution in [3.63, 3.8) is 0 Å². The van der Waals surface area contributed by atoms with Crippen LogP contribution in [0.1, 0.15) is 29.5 Å². The maximum Gasteiger partial charge on any atom is 0.189 e. The lowest BCUT2D eigenvalue weighted by molar-refractivity contribution is -0.0167. The summed E-state index contributed by atoms with van der Waals surface area (Å²) in [6.45, 7) is 5.92. The molecule has 0 saturated heterocycles. The Kier molecular flexibility index (Phi) is 2.93. The Balaban J connectivity index is 2.43. The van der Waals surface area contributed by atoms with Crippen LogP contribution in [-0.2, 0) is 11.3 Å². The van der Waals surface area contributed by atoms with E-state index in [1.54, 1.807) is 0 Å². The number of benzene rings is 1. The van der Waals surface area contributed by atoms with Crippen LogP contribution < -0.4 is 10.5 Å². The standard InChI is InChI=1S/C12H17NO2/c1-8(5-13)10-3-4-12-11(9(10)2)6-14-7-15-12/h3-4,8H,5-7,13H2,1-2H3. The van der Waals surface area contributed by atoms with Gasteiger partial charge in [-0.05, 0) is 36.6 Å². The fourth-order valence-corrected chi connectivity index (χ4v) is 1.97. The van der Waals surface area contributed by atoms with Crippen LogP contribution in [0.2, 0.25) is 0 Å². The van der Waals surface area contributed by atoms with Gasteiger partial charge in [-0.3, -0.25) is 0 Å². The molecule has 0 bridgehead atoms. The van der Waals surface area contributed by atoms with Gasteiger partial charge in [0.1, 0.15) is 5.75 Å². The summed E-state index contributed by atoms with van der Waals surface area (Å²) < 4.78 is 10.7. The SMILES string of the molecule is Cc1c(C(C)CN)ccc2c1COCO2. The van der Waals surface area contributed by atoms with E-state index in [-0.39, 0.29) is 0 Å². The van der Waals surface area contributed by atoms with Crippen LogP contribution in [0.25, 0.3) is 0 Å². The number of fused-ring (bicyclic) bond motifs is 1. The van der Waals surface area contributed by atoms with Gasteiger partial charge >= 0.3 is 0 Å². The lowest BCUT2D eigenvalue weighted by Crippen LogP contribution is -2.16. The quantitative estimate of drug-likeness (QED) is 0.805. The van der Waals surface area contributed by atoms with Crippen molar-refractivity contribution in [3.05, 3.63) is 28.8 Å². The summed E-state index contributed by atoms with van der Waals surface area (Å²) in [6, 6.07) is 4.13. The zero-order valence-corrected chi connectivity index (χ0v) is 9.25. The maximum atomic E-state index is 5.69. The van der Waals surface area contributed by atoms with E-state index in [4.69, 9.17) is 15.2 Å². The van der Waals surface area contributed by atoms with E-state index in [2.05, 4.69) is 19.9 Å². The molecule has 1 unspecified atom stereocenters. The van der Waals surface area contributed by atoms with E-state index in [0.29, 0.717) is 25.9 Å². The first-order valence-electron chi connectivity index (χ1n) is 5.27. The predicted molar refractivity (Wildman–Crippen MR) is 58.9 cm³/mol. The Labute approximate surface area is 90.2 Å². The van der Waals surface area contributed by atoms with Gasteiger partial charge in [0.15, 0.2) is 6.79 Å². The van der Waals surface area contributed by atoms with Crippen molar-refractivity contribution in [1.29, 1.82) is 0 Å². The second kappa shape index (κ2) is 4.21. The zero-order valence-electron chi connectivity index (χ0n) is 9.25. The molecule has 0 aromatic heterocycles. The molecule has 15 heavy (non-hydrogen) atoms. The smallest absolute Gasteiger partial charge is 0.189 e. The van der Waals surface area contributed by atoms with Crippen LogP contribution in [0.5, 0.6) is 5.75 Å². The van der Waals surface area contributed by atoms with E-state index in [1.807, 2.05) is 6.07 Å². The fourth-order valence-electron chi connectivity index (χ4n) is 1.97. The summed E-state index contributed by atoms with van der Waals surface area (Å²) in [7, 11) is 0. The maximum absolute atomic E-state index is 5.69. The molecule has 1 aromatic carbocycles. The topological polar surface area (TPSA) is 44.5 Å². The van der Waals surface area contributed by atoms with E-state index in [1.165, 1.54) is 16.7 Å². The second-order valence-corrected chi connectivity index (χ2v) is 4.00. The molecule has 0 spiro atoms. The summed E-state index contributed by atoms with van der Waals surface area (Å²) in [5, 5.41) is 0. The molecule has 1 aromatic rings. The van der Waals surface area contributed by atoms with Crippen molar-refractivity contribution in [3.8, 4) is 5.75 Å². The molecular formula is C12H17NO2. The van der Waals surface area contributed by atoms with Gasteiger partial charge in [0.05, 0.1) is 6.61 Å². The van der Waals surface area contributed by atoms with Crippen LogP contribution in [-0.4, -0.2) is 13.3 Å². The molecule has 1 heterocycles. The van der Waals surface area contributed by atoms with Gasteiger partial charge in [-0.25, -0.2) is 0 Å². The summed E-state index contributed by atoms with van der Waals surface area (Å²) in [4.78, 5) is 0. The fraction of sp³-hybridized carbons (Fsp3) is 0.500. The first-order valence-corrected chi connectivity index (χ1v) is 5.27. The van der Waals surface area contributed by atoms with Crippen LogP contribution >= 0.6 is 0 Å². The minimum atomic E-state index is 0.359. The van der Waals surface area contributed by atoms with Gasteiger partial charge in [0.2, 0.25) is 0 Å². The number of nitrogens with two attached hydrogens (primary N) is 1. The average Bonchev–Trinajstić information content (AvgIpc) is 2.29. The third-order valence-corrected chi connectivity index (χ3v) is 3.03. The predicted octanol–water partition coefficient (Wildman–Crippen LogP) is 1.92. The molecule has 1 atom stereocenters. The zero-order chi connectivity index (χ0) is 10.8. The molecule has 1 aliphatic rings. The van der Waals surface area contributed by atoms with Gasteiger partial charge in [-0.2, -0.15) is 0 Å². The first-order chi connectivity index (χ1) is 7.24. The van der Waals surface area contributed by atoms with Gasteiger partial charge in [-0.1, -0.05) is 13.0 Å². The number of hydrogen-bond donors (Lipinski definition) is 1. The van der Waals surface area contributed by atoms with E-state index in [0.717, 1.165) is 5.75 Å². The van der Waals surface area contributed by atoms with Crippen molar-refractivity contribution in [1.82, 2.24) is 0 Å². The second-order valence-electron chi connectivity index (χ2n) is 4.00. The molecular weight excluding hydrogens is 190 g/mol. The summed E-state index contributed by atoms with van der Waals surface area (Å²) in [5.74, 6) is 1.34. The van der Waals surface area contributed by atoms with E-state index < -0.39 is 0 Å². The van der Waals surface area contributed by atoms with Gasteiger partial charge in [0.25, 0.3) is 0 Å². The minimum Gasteiger partial charge on any atom is -0.467 e. The summed E-state index contributed by atoms with van der Waals surface area (Å²) in [6.07, 6.45) is 0. The lowest BCUT2D eigenvalue weighted by Gasteiger charge is -2.23. The molecule has 3 nitrogen and oxygen atoms in total. The Hall–Kier alpha value is -1.06. The van der Waals surface area contributed by atoms with E-state index >= 15 is 0 Å². The first kappa shape index (κ1) is 10.5. The van der Waals surface area contributed by atoms with Crippen LogP contribution in [0.4, 0.5) is 0 Å². The van der Waals surface area contributed by atoms with Crippen molar-refractivity contribution < 1.29 is 9.47 Å². The van der Waals surface area contributed by atoms with Gasteiger partial charge in [0, 0.05) is 5.56 Å². The molecule has 0 amide bonds. The van der Waals surface area contributed by atoms with Crippen LogP contribution in [0.3, 0.4) is 0 Å².